The number of aryl methyl sites for hydroxylation is 1. The molecule has 3 heterocycles. The highest BCUT2D eigenvalue weighted by Gasteiger charge is 2.28. The number of carbonyl (C=O) groups is 1. The molecular formula is C23H25NO5. The Balaban J connectivity index is 1.12. The molecule has 0 spiro atoms. The number of amides is 1. The van der Waals surface area contributed by atoms with Crippen LogP contribution in [0.15, 0.2) is 36.4 Å². The van der Waals surface area contributed by atoms with Gasteiger partial charge in [-0.3, -0.25) is 4.79 Å². The third-order valence-electron chi connectivity index (χ3n) is 5.87. The van der Waals surface area contributed by atoms with Crippen LogP contribution >= 0.6 is 0 Å². The topological polar surface area (TPSA) is 57.2 Å². The Kier molecular flexibility index (Phi) is 4.92. The molecule has 0 bridgehead atoms. The van der Waals surface area contributed by atoms with Crippen LogP contribution in [0.2, 0.25) is 0 Å². The molecule has 6 nitrogen and oxygen atoms in total. The SMILES string of the molecule is O=C(CCCc1ccc2c(c1)OCCO2)N1CCC(c2ccc3c(c2)OCO3)C1. The molecule has 29 heavy (non-hydrogen) atoms. The van der Waals surface area contributed by atoms with Crippen molar-refractivity contribution in [2.75, 3.05) is 33.1 Å². The molecule has 0 aliphatic carbocycles. The average Bonchev–Trinajstić information content (AvgIpc) is 3.42. The minimum absolute atomic E-state index is 0.241. The number of likely N-dealkylation sites (tertiary alicyclic amines) is 1. The smallest absolute Gasteiger partial charge is 0.231 e. The normalized spacial score (nSPS) is 19.4. The fourth-order valence-electron chi connectivity index (χ4n) is 4.27. The van der Waals surface area contributed by atoms with Crippen LogP contribution in [-0.2, 0) is 11.2 Å². The van der Waals surface area contributed by atoms with Gasteiger partial charge in [0.25, 0.3) is 0 Å². The van der Waals surface area contributed by atoms with Gasteiger partial charge in [-0.05, 0) is 54.7 Å². The van der Waals surface area contributed by atoms with Crippen molar-refractivity contribution in [3.05, 3.63) is 47.5 Å². The van der Waals surface area contributed by atoms with E-state index < -0.39 is 0 Å². The monoisotopic (exact) mass is 395 g/mol. The van der Waals surface area contributed by atoms with Gasteiger partial charge in [0.2, 0.25) is 12.7 Å². The highest BCUT2D eigenvalue weighted by molar-refractivity contribution is 5.76. The van der Waals surface area contributed by atoms with Crippen molar-refractivity contribution >= 4 is 5.91 Å². The Morgan fingerprint density at radius 3 is 2.62 bits per heavy atom. The molecule has 5 rings (SSSR count). The maximum atomic E-state index is 12.7. The van der Waals surface area contributed by atoms with Crippen LogP contribution in [-0.4, -0.2) is 43.9 Å². The zero-order valence-electron chi connectivity index (χ0n) is 16.4. The first-order valence-electron chi connectivity index (χ1n) is 10.3. The average molecular weight is 395 g/mol. The summed E-state index contributed by atoms with van der Waals surface area (Å²) in [5.41, 5.74) is 2.41. The molecule has 2 aromatic rings. The summed E-state index contributed by atoms with van der Waals surface area (Å²) in [6.07, 6.45) is 3.27. The molecule has 0 aromatic heterocycles. The largest absolute Gasteiger partial charge is 0.486 e. The number of hydrogen-bond acceptors (Lipinski definition) is 5. The Morgan fingerprint density at radius 1 is 0.931 bits per heavy atom. The molecule has 0 N–H and O–H groups in total. The molecule has 2 aromatic carbocycles. The zero-order valence-corrected chi connectivity index (χ0v) is 16.4. The maximum absolute atomic E-state index is 12.7. The maximum Gasteiger partial charge on any atom is 0.231 e. The van der Waals surface area contributed by atoms with E-state index in [-0.39, 0.29) is 12.7 Å². The second-order valence-electron chi connectivity index (χ2n) is 7.77. The van der Waals surface area contributed by atoms with Crippen molar-refractivity contribution in [3.63, 3.8) is 0 Å². The number of nitrogens with zero attached hydrogens (tertiary/aromatic N) is 1. The summed E-state index contributed by atoms with van der Waals surface area (Å²) in [5, 5.41) is 0. The van der Waals surface area contributed by atoms with E-state index in [1.54, 1.807) is 0 Å². The Morgan fingerprint density at radius 2 is 1.69 bits per heavy atom. The lowest BCUT2D eigenvalue weighted by atomic mass is 9.98. The number of benzene rings is 2. The van der Waals surface area contributed by atoms with Crippen LogP contribution in [0.3, 0.4) is 0 Å². The zero-order chi connectivity index (χ0) is 19.6. The van der Waals surface area contributed by atoms with Crippen LogP contribution in [0.4, 0.5) is 0 Å². The molecule has 3 aliphatic rings. The van der Waals surface area contributed by atoms with E-state index in [1.165, 1.54) is 11.1 Å². The van der Waals surface area contributed by atoms with Crippen LogP contribution in [0.5, 0.6) is 23.0 Å². The van der Waals surface area contributed by atoms with Crippen LogP contribution in [0.25, 0.3) is 0 Å². The van der Waals surface area contributed by atoms with Crippen molar-refractivity contribution < 1.29 is 23.7 Å². The fourth-order valence-corrected chi connectivity index (χ4v) is 4.27. The quantitative estimate of drug-likeness (QED) is 0.775. The molecule has 3 aliphatic heterocycles. The number of fused-ring (bicyclic) bond motifs is 2. The number of carbonyl (C=O) groups excluding carboxylic acids is 1. The Labute approximate surface area is 170 Å². The van der Waals surface area contributed by atoms with Gasteiger partial charge in [-0.25, -0.2) is 0 Å². The standard InChI is InChI=1S/C23H25NO5/c25-23(3-1-2-16-4-6-19-21(12-16)27-11-10-26-19)24-9-8-18(14-24)17-5-7-20-22(13-17)29-15-28-20/h4-7,12-13,18H,1-3,8-11,14-15H2. The van der Waals surface area contributed by atoms with Crippen LogP contribution in [0.1, 0.15) is 36.3 Å². The molecule has 6 heteroatoms. The van der Waals surface area contributed by atoms with E-state index in [0.29, 0.717) is 25.6 Å². The predicted octanol–water partition coefficient (Wildman–Crippen LogP) is 3.53. The van der Waals surface area contributed by atoms with Crippen LogP contribution < -0.4 is 18.9 Å². The lowest BCUT2D eigenvalue weighted by Gasteiger charge is -2.19. The minimum atomic E-state index is 0.241. The lowest BCUT2D eigenvalue weighted by Crippen LogP contribution is -2.28. The second kappa shape index (κ2) is 7.85. The molecule has 1 fully saturated rings. The van der Waals surface area contributed by atoms with Gasteiger partial charge in [0.1, 0.15) is 13.2 Å². The summed E-state index contributed by atoms with van der Waals surface area (Å²) in [4.78, 5) is 14.7. The van der Waals surface area contributed by atoms with E-state index in [4.69, 9.17) is 18.9 Å². The fraction of sp³-hybridized carbons (Fsp3) is 0.435. The molecule has 1 unspecified atom stereocenters. The van der Waals surface area contributed by atoms with Gasteiger partial charge in [0.05, 0.1) is 0 Å². The molecule has 0 saturated carbocycles. The Bertz CT molecular complexity index is 912. The lowest BCUT2D eigenvalue weighted by molar-refractivity contribution is -0.130. The van der Waals surface area contributed by atoms with Crippen LogP contribution in [0, 0.1) is 0 Å². The van der Waals surface area contributed by atoms with Gasteiger partial charge in [-0.1, -0.05) is 12.1 Å². The first kappa shape index (κ1) is 18.2. The van der Waals surface area contributed by atoms with E-state index in [1.807, 2.05) is 23.1 Å². The molecule has 152 valence electrons. The molecule has 0 radical (unpaired) electrons. The number of rotatable bonds is 5. The third-order valence-corrected chi connectivity index (χ3v) is 5.87. The molecular weight excluding hydrogens is 370 g/mol. The van der Waals surface area contributed by atoms with Crippen molar-refractivity contribution in [1.29, 1.82) is 0 Å². The molecule has 1 amide bonds. The number of hydrogen-bond donors (Lipinski definition) is 0. The van der Waals surface area contributed by atoms with Gasteiger partial charge in [0.15, 0.2) is 23.0 Å². The first-order chi connectivity index (χ1) is 14.3. The van der Waals surface area contributed by atoms with E-state index in [9.17, 15) is 4.79 Å². The molecule has 1 saturated heterocycles. The van der Waals surface area contributed by atoms with Gasteiger partial charge in [-0.2, -0.15) is 0 Å². The molecule has 1 atom stereocenters. The van der Waals surface area contributed by atoms with E-state index >= 15 is 0 Å². The second-order valence-corrected chi connectivity index (χ2v) is 7.77. The summed E-state index contributed by atoms with van der Waals surface area (Å²) in [6, 6.07) is 12.2. The van der Waals surface area contributed by atoms with Crippen molar-refractivity contribution in [2.24, 2.45) is 0 Å². The van der Waals surface area contributed by atoms with E-state index in [0.717, 1.165) is 55.4 Å². The van der Waals surface area contributed by atoms with Crippen molar-refractivity contribution in [1.82, 2.24) is 4.90 Å². The summed E-state index contributed by atoms with van der Waals surface area (Å²) >= 11 is 0. The van der Waals surface area contributed by atoms with Gasteiger partial charge >= 0.3 is 0 Å². The van der Waals surface area contributed by atoms with Crippen molar-refractivity contribution in [2.45, 2.75) is 31.6 Å². The Hall–Kier alpha value is -2.89. The van der Waals surface area contributed by atoms with Gasteiger partial charge < -0.3 is 23.8 Å². The van der Waals surface area contributed by atoms with E-state index in [2.05, 4.69) is 18.2 Å². The predicted molar refractivity (Wildman–Crippen MR) is 107 cm³/mol. The van der Waals surface area contributed by atoms with Gasteiger partial charge in [-0.15, -0.1) is 0 Å². The summed E-state index contributed by atoms with van der Waals surface area (Å²) in [5.74, 6) is 3.84. The number of ether oxygens (including phenoxy) is 4. The summed E-state index contributed by atoms with van der Waals surface area (Å²) < 4.78 is 22.1. The highest BCUT2D eigenvalue weighted by atomic mass is 16.7. The van der Waals surface area contributed by atoms with Crippen molar-refractivity contribution in [3.8, 4) is 23.0 Å². The summed E-state index contributed by atoms with van der Waals surface area (Å²) in [7, 11) is 0. The van der Waals surface area contributed by atoms with Gasteiger partial charge in [0, 0.05) is 25.4 Å². The highest BCUT2D eigenvalue weighted by Crippen LogP contribution is 2.37. The first-order valence-corrected chi connectivity index (χ1v) is 10.3. The minimum Gasteiger partial charge on any atom is -0.486 e. The third kappa shape index (κ3) is 3.84. The summed E-state index contributed by atoms with van der Waals surface area (Å²) in [6.45, 7) is 3.08.